The molecule has 1 atom stereocenters. The average Bonchev–Trinajstić information content (AvgIpc) is 3.15. The van der Waals surface area contributed by atoms with Crippen molar-refractivity contribution in [2.75, 3.05) is 33.4 Å². The van der Waals surface area contributed by atoms with Gasteiger partial charge in [0, 0.05) is 38.7 Å². The first kappa shape index (κ1) is 16.3. The Morgan fingerprint density at radius 1 is 1.48 bits per heavy atom. The molecule has 0 spiro atoms. The molecule has 8 heteroatoms. The van der Waals surface area contributed by atoms with Crippen molar-refractivity contribution in [1.82, 2.24) is 14.8 Å². The lowest BCUT2D eigenvalue weighted by Crippen LogP contribution is -2.49. The van der Waals surface area contributed by atoms with Crippen LogP contribution in [0.1, 0.15) is 29.8 Å². The van der Waals surface area contributed by atoms with Crippen molar-refractivity contribution in [2.24, 2.45) is 0 Å². The maximum absolute atomic E-state index is 13.7. The first-order valence-corrected chi connectivity index (χ1v) is 7.80. The highest BCUT2D eigenvalue weighted by Crippen LogP contribution is 2.35. The second kappa shape index (κ2) is 6.52. The van der Waals surface area contributed by atoms with Crippen LogP contribution in [0.2, 0.25) is 0 Å². The van der Waals surface area contributed by atoms with E-state index in [1.165, 1.54) is 19.7 Å². The van der Waals surface area contributed by atoms with Crippen LogP contribution in [0, 0.1) is 0 Å². The molecule has 6 nitrogen and oxygen atoms in total. The number of piperidine rings is 1. The predicted octanol–water partition coefficient (Wildman–Crippen LogP) is 1.64. The fraction of sp³-hybridized carbons (Fsp3) is 0.733. The van der Waals surface area contributed by atoms with Crippen molar-refractivity contribution in [3.8, 4) is 0 Å². The van der Waals surface area contributed by atoms with Crippen LogP contribution in [0.3, 0.4) is 0 Å². The molecular formula is C15H21F2N3O3. The minimum absolute atomic E-state index is 0.0577. The lowest BCUT2D eigenvalue weighted by molar-refractivity contribution is 0.00272. The molecule has 2 aliphatic heterocycles. The number of rotatable bonds is 4. The normalized spacial score (nSPS) is 25.9. The zero-order valence-corrected chi connectivity index (χ0v) is 13.1. The Bertz CT molecular complexity index is 530. The number of hydrogen-bond donors (Lipinski definition) is 0. The monoisotopic (exact) mass is 329 g/mol. The molecular weight excluding hydrogens is 308 g/mol. The molecule has 3 heterocycles. The maximum atomic E-state index is 13.7. The highest BCUT2D eigenvalue weighted by atomic mass is 19.3. The number of carbonyl (C=O) groups is 1. The van der Waals surface area contributed by atoms with Gasteiger partial charge in [0.25, 0.3) is 11.8 Å². The lowest BCUT2D eigenvalue weighted by atomic mass is 10.0. The number of hydrogen-bond acceptors (Lipinski definition) is 5. The molecule has 0 radical (unpaired) electrons. The van der Waals surface area contributed by atoms with Gasteiger partial charge in [-0.3, -0.25) is 9.69 Å². The Morgan fingerprint density at radius 2 is 2.22 bits per heavy atom. The molecule has 2 fully saturated rings. The molecule has 23 heavy (non-hydrogen) atoms. The van der Waals surface area contributed by atoms with Gasteiger partial charge in [-0.25, -0.2) is 13.8 Å². The minimum Gasteiger partial charge on any atom is -0.438 e. The summed E-state index contributed by atoms with van der Waals surface area (Å²) in [6.45, 7) is 1.16. The molecule has 128 valence electrons. The summed E-state index contributed by atoms with van der Waals surface area (Å²) in [7, 11) is 1.54. The second-order valence-electron chi connectivity index (χ2n) is 6.23. The SMILES string of the molecule is COC[C@@H]1CC(F)(F)CN1C1CCN(C(=O)c2cnco2)CC1. The van der Waals surface area contributed by atoms with Crippen LogP contribution >= 0.6 is 0 Å². The van der Waals surface area contributed by atoms with Crippen molar-refractivity contribution in [1.29, 1.82) is 0 Å². The molecule has 2 aliphatic rings. The van der Waals surface area contributed by atoms with Crippen molar-refractivity contribution in [3.05, 3.63) is 18.4 Å². The molecule has 1 aromatic rings. The fourth-order valence-electron chi connectivity index (χ4n) is 3.57. The topological polar surface area (TPSA) is 58.8 Å². The Morgan fingerprint density at radius 3 is 2.83 bits per heavy atom. The summed E-state index contributed by atoms with van der Waals surface area (Å²) < 4.78 is 37.6. The molecule has 0 aromatic carbocycles. The van der Waals surface area contributed by atoms with E-state index >= 15 is 0 Å². The number of likely N-dealkylation sites (tertiary alicyclic amines) is 2. The van der Waals surface area contributed by atoms with Gasteiger partial charge in [-0.1, -0.05) is 0 Å². The smallest absolute Gasteiger partial charge is 0.291 e. The van der Waals surface area contributed by atoms with Crippen molar-refractivity contribution in [2.45, 2.75) is 37.3 Å². The standard InChI is InChI=1S/C15H21F2N3O3/c1-22-8-12-6-15(16,17)9-20(12)11-2-4-19(5-3-11)14(21)13-7-18-10-23-13/h7,10-12H,2-6,8-9H2,1H3/t12-/m0/s1. The van der Waals surface area contributed by atoms with Crippen molar-refractivity contribution in [3.63, 3.8) is 0 Å². The van der Waals surface area contributed by atoms with Crippen molar-refractivity contribution >= 4 is 5.91 Å². The number of amides is 1. The van der Waals surface area contributed by atoms with E-state index in [2.05, 4.69) is 4.98 Å². The van der Waals surface area contributed by atoms with E-state index in [0.29, 0.717) is 32.5 Å². The molecule has 0 N–H and O–H groups in total. The summed E-state index contributed by atoms with van der Waals surface area (Å²) >= 11 is 0. The summed E-state index contributed by atoms with van der Waals surface area (Å²) in [5.74, 6) is -2.63. The van der Waals surface area contributed by atoms with E-state index < -0.39 is 5.92 Å². The number of aromatic nitrogens is 1. The molecule has 0 bridgehead atoms. The van der Waals surface area contributed by atoms with Gasteiger partial charge in [0.15, 0.2) is 6.39 Å². The van der Waals surface area contributed by atoms with Crippen LogP contribution in [0.15, 0.2) is 17.0 Å². The van der Waals surface area contributed by atoms with Crippen LogP contribution in [0.4, 0.5) is 8.78 Å². The number of halogens is 2. The molecule has 1 amide bonds. The van der Waals surface area contributed by atoms with E-state index in [4.69, 9.17) is 9.15 Å². The first-order chi connectivity index (χ1) is 11.0. The van der Waals surface area contributed by atoms with Gasteiger partial charge in [-0.2, -0.15) is 0 Å². The number of methoxy groups -OCH3 is 1. The van der Waals surface area contributed by atoms with Crippen molar-refractivity contribution < 1.29 is 22.7 Å². The average molecular weight is 329 g/mol. The van der Waals surface area contributed by atoms with Crippen LogP contribution < -0.4 is 0 Å². The molecule has 2 saturated heterocycles. The summed E-state index contributed by atoms with van der Waals surface area (Å²) in [5, 5.41) is 0. The van der Waals surface area contributed by atoms with E-state index in [-0.39, 0.29) is 36.7 Å². The number of oxazole rings is 1. The van der Waals surface area contributed by atoms with E-state index in [9.17, 15) is 13.6 Å². The predicted molar refractivity (Wildman–Crippen MR) is 77.4 cm³/mol. The zero-order chi connectivity index (χ0) is 16.4. The molecule has 0 unspecified atom stereocenters. The Balaban J connectivity index is 1.59. The van der Waals surface area contributed by atoms with E-state index in [1.54, 1.807) is 4.90 Å². The van der Waals surface area contributed by atoms with Gasteiger partial charge in [0.05, 0.1) is 19.3 Å². The number of ether oxygens (including phenoxy) is 1. The van der Waals surface area contributed by atoms with Crippen LogP contribution in [0.25, 0.3) is 0 Å². The van der Waals surface area contributed by atoms with E-state index in [1.807, 2.05) is 4.90 Å². The molecule has 0 saturated carbocycles. The molecule has 0 aliphatic carbocycles. The number of alkyl halides is 2. The molecule has 1 aromatic heterocycles. The molecule has 3 rings (SSSR count). The van der Waals surface area contributed by atoms with Gasteiger partial charge in [-0.15, -0.1) is 0 Å². The number of nitrogens with zero attached hydrogens (tertiary/aromatic N) is 3. The van der Waals surface area contributed by atoms with Gasteiger partial charge in [0.1, 0.15) is 0 Å². The van der Waals surface area contributed by atoms with Gasteiger partial charge >= 0.3 is 0 Å². The van der Waals surface area contributed by atoms with Crippen LogP contribution in [0.5, 0.6) is 0 Å². The lowest BCUT2D eigenvalue weighted by Gasteiger charge is -2.38. The zero-order valence-electron chi connectivity index (χ0n) is 13.1. The quantitative estimate of drug-likeness (QED) is 0.840. The Hall–Kier alpha value is -1.54. The maximum Gasteiger partial charge on any atom is 0.291 e. The van der Waals surface area contributed by atoms with Gasteiger partial charge < -0.3 is 14.1 Å². The third-order valence-corrected chi connectivity index (χ3v) is 4.64. The highest BCUT2D eigenvalue weighted by Gasteiger charge is 2.47. The fourth-order valence-corrected chi connectivity index (χ4v) is 3.57. The number of carbonyl (C=O) groups excluding carboxylic acids is 1. The highest BCUT2D eigenvalue weighted by molar-refractivity contribution is 5.91. The second-order valence-corrected chi connectivity index (χ2v) is 6.23. The third-order valence-electron chi connectivity index (χ3n) is 4.64. The van der Waals surface area contributed by atoms with Gasteiger partial charge in [0.2, 0.25) is 5.76 Å². The minimum atomic E-state index is -2.66. The first-order valence-electron chi connectivity index (χ1n) is 7.80. The van der Waals surface area contributed by atoms with E-state index in [0.717, 1.165) is 0 Å². The van der Waals surface area contributed by atoms with Crippen LogP contribution in [-0.2, 0) is 4.74 Å². The largest absolute Gasteiger partial charge is 0.438 e. The van der Waals surface area contributed by atoms with Crippen LogP contribution in [-0.4, -0.2) is 72.0 Å². The Kier molecular flexibility index (Phi) is 4.63. The third kappa shape index (κ3) is 3.53. The summed E-state index contributed by atoms with van der Waals surface area (Å²) in [5.41, 5.74) is 0. The summed E-state index contributed by atoms with van der Waals surface area (Å²) in [4.78, 5) is 19.5. The van der Waals surface area contributed by atoms with Gasteiger partial charge in [-0.05, 0) is 12.8 Å². The summed E-state index contributed by atoms with van der Waals surface area (Å²) in [6, 6.07) is -0.196. The Labute approximate surface area is 133 Å². The summed E-state index contributed by atoms with van der Waals surface area (Å²) in [6.07, 6.45) is 3.82.